The van der Waals surface area contributed by atoms with E-state index in [9.17, 15) is 4.79 Å². The van der Waals surface area contributed by atoms with E-state index < -0.39 is 0 Å². The van der Waals surface area contributed by atoms with Gasteiger partial charge in [0.15, 0.2) is 0 Å². The summed E-state index contributed by atoms with van der Waals surface area (Å²) >= 11 is 0. The van der Waals surface area contributed by atoms with Gasteiger partial charge in [0, 0.05) is 12.3 Å². The lowest BCUT2D eigenvalue weighted by atomic mass is 9.71. The average Bonchev–Trinajstić information content (AvgIpc) is 1.97. The smallest absolute Gasteiger partial charge is 0.136 e. The van der Waals surface area contributed by atoms with Crippen LogP contribution >= 0.6 is 0 Å². The molecule has 0 heterocycles. The third-order valence-corrected chi connectivity index (χ3v) is 2.82. The van der Waals surface area contributed by atoms with Crippen molar-refractivity contribution in [2.24, 2.45) is 17.1 Å². The molecular weight excluding hydrogens is 150 g/mol. The maximum absolute atomic E-state index is 11.4. The predicted molar refractivity (Wildman–Crippen MR) is 49.8 cm³/mol. The zero-order chi connectivity index (χ0) is 9.19. The Morgan fingerprint density at radius 1 is 1.58 bits per heavy atom. The molecule has 12 heavy (non-hydrogen) atoms. The van der Waals surface area contributed by atoms with E-state index in [0.29, 0.717) is 17.7 Å². The van der Waals surface area contributed by atoms with Crippen LogP contribution in [0.25, 0.3) is 0 Å². The molecule has 0 aliphatic heterocycles. The molecule has 1 rings (SSSR count). The molecule has 0 spiro atoms. The number of hydrogen-bond acceptors (Lipinski definition) is 2. The zero-order valence-corrected chi connectivity index (χ0v) is 8.10. The van der Waals surface area contributed by atoms with Gasteiger partial charge in [-0.15, -0.1) is 0 Å². The number of nitrogens with two attached hydrogens (primary N) is 1. The van der Waals surface area contributed by atoms with Crippen molar-refractivity contribution in [2.75, 3.05) is 6.54 Å². The summed E-state index contributed by atoms with van der Waals surface area (Å²) in [5.41, 5.74) is 5.81. The first-order valence-electron chi connectivity index (χ1n) is 4.78. The minimum Gasteiger partial charge on any atom is -0.330 e. The van der Waals surface area contributed by atoms with Gasteiger partial charge in [0.05, 0.1) is 0 Å². The summed E-state index contributed by atoms with van der Waals surface area (Å²) in [7, 11) is 0. The Bertz CT molecular complexity index is 175. The topological polar surface area (TPSA) is 43.1 Å². The van der Waals surface area contributed by atoms with Crippen LogP contribution in [-0.2, 0) is 4.79 Å². The Morgan fingerprint density at radius 2 is 2.25 bits per heavy atom. The summed E-state index contributed by atoms with van der Waals surface area (Å²) in [4.78, 5) is 11.4. The third kappa shape index (κ3) is 2.31. The molecule has 2 N–H and O–H groups in total. The maximum Gasteiger partial charge on any atom is 0.136 e. The van der Waals surface area contributed by atoms with Gasteiger partial charge in [0.25, 0.3) is 0 Å². The van der Waals surface area contributed by atoms with Crippen molar-refractivity contribution in [3.8, 4) is 0 Å². The molecule has 1 aliphatic carbocycles. The van der Waals surface area contributed by atoms with Crippen LogP contribution in [0.3, 0.4) is 0 Å². The highest BCUT2D eigenvalue weighted by atomic mass is 16.1. The van der Waals surface area contributed by atoms with Crippen LogP contribution in [0.2, 0.25) is 0 Å². The fraction of sp³-hybridized carbons (Fsp3) is 0.900. The fourth-order valence-electron chi connectivity index (χ4n) is 2.01. The van der Waals surface area contributed by atoms with Gasteiger partial charge in [0.1, 0.15) is 5.78 Å². The molecule has 70 valence electrons. The van der Waals surface area contributed by atoms with E-state index in [1.807, 2.05) is 0 Å². The van der Waals surface area contributed by atoms with Gasteiger partial charge in [-0.25, -0.2) is 0 Å². The van der Waals surface area contributed by atoms with Crippen molar-refractivity contribution in [3.05, 3.63) is 0 Å². The average molecular weight is 169 g/mol. The third-order valence-electron chi connectivity index (χ3n) is 2.82. The van der Waals surface area contributed by atoms with Gasteiger partial charge in [0.2, 0.25) is 0 Å². The van der Waals surface area contributed by atoms with E-state index >= 15 is 0 Å². The molecule has 2 nitrogen and oxygen atoms in total. The van der Waals surface area contributed by atoms with Gasteiger partial charge in [-0.2, -0.15) is 0 Å². The maximum atomic E-state index is 11.4. The first-order valence-corrected chi connectivity index (χ1v) is 4.78. The summed E-state index contributed by atoms with van der Waals surface area (Å²) in [6, 6.07) is 0. The van der Waals surface area contributed by atoms with E-state index in [-0.39, 0.29) is 5.92 Å². The van der Waals surface area contributed by atoms with Crippen LogP contribution in [0.4, 0.5) is 0 Å². The van der Waals surface area contributed by atoms with E-state index in [0.717, 1.165) is 25.7 Å². The molecule has 0 aromatic heterocycles. The molecule has 1 saturated carbocycles. The molecule has 0 amide bonds. The number of hydrogen-bond donors (Lipinski definition) is 1. The molecule has 1 unspecified atom stereocenters. The number of carbonyl (C=O) groups is 1. The van der Waals surface area contributed by atoms with Crippen LogP contribution in [0.5, 0.6) is 0 Å². The van der Waals surface area contributed by atoms with E-state index in [4.69, 9.17) is 5.73 Å². The summed E-state index contributed by atoms with van der Waals surface area (Å²) in [5, 5.41) is 0. The Balaban J connectivity index is 2.53. The highest BCUT2D eigenvalue weighted by Gasteiger charge is 2.32. The van der Waals surface area contributed by atoms with Crippen LogP contribution in [-0.4, -0.2) is 12.3 Å². The number of Topliss-reactive ketones (excluding diaryl/α,β-unsaturated/α-hetero) is 1. The summed E-state index contributed by atoms with van der Waals surface area (Å²) < 4.78 is 0. The lowest BCUT2D eigenvalue weighted by molar-refractivity contribution is -0.127. The number of rotatable bonds is 2. The van der Waals surface area contributed by atoms with Crippen LogP contribution < -0.4 is 5.73 Å². The second-order valence-corrected chi connectivity index (χ2v) is 4.61. The largest absolute Gasteiger partial charge is 0.330 e. The van der Waals surface area contributed by atoms with Gasteiger partial charge in [-0.05, 0) is 31.2 Å². The Kier molecular flexibility index (Phi) is 2.89. The van der Waals surface area contributed by atoms with Crippen LogP contribution in [0, 0.1) is 11.3 Å². The van der Waals surface area contributed by atoms with Crippen molar-refractivity contribution in [2.45, 2.75) is 39.5 Å². The van der Waals surface area contributed by atoms with Crippen molar-refractivity contribution in [1.29, 1.82) is 0 Å². The van der Waals surface area contributed by atoms with Gasteiger partial charge in [-0.3, -0.25) is 4.79 Å². The molecule has 0 bridgehead atoms. The summed E-state index contributed by atoms with van der Waals surface area (Å²) in [5.74, 6) is 0.679. The SMILES string of the molecule is CC1(C)CCC(=O)C(CCN)C1. The fourth-order valence-corrected chi connectivity index (χ4v) is 2.01. The van der Waals surface area contributed by atoms with Crippen molar-refractivity contribution >= 4 is 5.78 Å². The quantitative estimate of drug-likeness (QED) is 0.684. The monoisotopic (exact) mass is 169 g/mol. The minimum atomic E-state index is 0.249. The van der Waals surface area contributed by atoms with Crippen molar-refractivity contribution < 1.29 is 4.79 Å². The lowest BCUT2D eigenvalue weighted by Gasteiger charge is -2.34. The van der Waals surface area contributed by atoms with Crippen molar-refractivity contribution in [3.63, 3.8) is 0 Å². The normalized spacial score (nSPS) is 28.9. The van der Waals surface area contributed by atoms with Crippen LogP contribution in [0.1, 0.15) is 39.5 Å². The molecule has 0 radical (unpaired) electrons. The van der Waals surface area contributed by atoms with E-state index in [1.54, 1.807) is 0 Å². The van der Waals surface area contributed by atoms with E-state index in [1.165, 1.54) is 0 Å². The standard InChI is InChI=1S/C10H19NO/c1-10(2)5-3-9(12)8(7-10)4-6-11/h8H,3-7,11H2,1-2H3. The lowest BCUT2D eigenvalue weighted by Crippen LogP contribution is -2.31. The second-order valence-electron chi connectivity index (χ2n) is 4.61. The van der Waals surface area contributed by atoms with Gasteiger partial charge < -0.3 is 5.73 Å². The molecular formula is C10H19NO. The molecule has 1 atom stereocenters. The Labute approximate surface area is 74.5 Å². The van der Waals surface area contributed by atoms with Gasteiger partial charge >= 0.3 is 0 Å². The van der Waals surface area contributed by atoms with E-state index in [2.05, 4.69) is 13.8 Å². The number of carbonyl (C=O) groups excluding carboxylic acids is 1. The number of ketones is 1. The summed E-state index contributed by atoms with van der Waals surface area (Å²) in [6.07, 6.45) is 3.72. The first-order chi connectivity index (χ1) is 5.55. The van der Waals surface area contributed by atoms with Gasteiger partial charge in [-0.1, -0.05) is 13.8 Å². The zero-order valence-electron chi connectivity index (χ0n) is 8.10. The molecule has 1 aliphatic rings. The first kappa shape index (κ1) is 9.72. The second kappa shape index (κ2) is 3.56. The highest BCUT2D eigenvalue weighted by molar-refractivity contribution is 5.81. The molecule has 0 saturated heterocycles. The molecule has 2 heteroatoms. The summed E-state index contributed by atoms with van der Waals surface area (Å²) in [6.45, 7) is 5.12. The molecule has 0 aromatic rings. The Hall–Kier alpha value is -0.370. The molecule has 1 fully saturated rings. The van der Waals surface area contributed by atoms with Crippen molar-refractivity contribution in [1.82, 2.24) is 0 Å². The molecule has 0 aromatic carbocycles. The predicted octanol–water partition coefficient (Wildman–Crippen LogP) is 1.73. The minimum absolute atomic E-state index is 0.249. The Morgan fingerprint density at radius 3 is 2.83 bits per heavy atom. The highest BCUT2D eigenvalue weighted by Crippen LogP contribution is 2.37. The van der Waals surface area contributed by atoms with Crippen LogP contribution in [0.15, 0.2) is 0 Å².